The van der Waals surface area contributed by atoms with E-state index >= 15 is 0 Å². The van der Waals surface area contributed by atoms with Crippen molar-refractivity contribution in [3.63, 3.8) is 0 Å². The number of hydrogen-bond acceptors (Lipinski definition) is 1. The highest BCUT2D eigenvalue weighted by Crippen LogP contribution is 2.68. The number of rotatable bonds is 5. The molecule has 122 valence electrons. The molecule has 0 N–H and O–H groups in total. The predicted molar refractivity (Wildman–Crippen MR) is 98.0 cm³/mol. The summed E-state index contributed by atoms with van der Waals surface area (Å²) in [7, 11) is 0. The maximum atomic E-state index is 6.30. The molecule has 1 saturated carbocycles. The Labute approximate surface area is 148 Å². The van der Waals surface area contributed by atoms with Gasteiger partial charge in [0.15, 0.2) is 0 Å². The summed E-state index contributed by atoms with van der Waals surface area (Å²) in [4.78, 5) is 0. The molecule has 0 bridgehead atoms. The van der Waals surface area contributed by atoms with Crippen molar-refractivity contribution in [2.45, 2.75) is 31.7 Å². The lowest BCUT2D eigenvalue weighted by Gasteiger charge is -2.12. The Morgan fingerprint density at radius 2 is 1.65 bits per heavy atom. The molecule has 23 heavy (non-hydrogen) atoms. The Balaban J connectivity index is 1.68. The molecule has 0 heterocycles. The first-order valence-electron chi connectivity index (χ1n) is 7.95. The second-order valence-electron chi connectivity index (χ2n) is 6.87. The zero-order chi connectivity index (χ0) is 16.7. The predicted octanol–water partition coefficient (Wildman–Crippen LogP) is 6.01. The van der Waals surface area contributed by atoms with Crippen LogP contribution in [0.1, 0.15) is 25.0 Å². The van der Waals surface area contributed by atoms with Crippen LogP contribution in [0.3, 0.4) is 0 Å². The Bertz CT molecular complexity index is 678. The van der Waals surface area contributed by atoms with E-state index in [9.17, 15) is 0 Å². The van der Waals surface area contributed by atoms with E-state index in [1.54, 1.807) is 0 Å². The third-order valence-corrected chi connectivity index (χ3v) is 6.66. The van der Waals surface area contributed by atoms with E-state index in [1.165, 1.54) is 22.3 Å². The van der Waals surface area contributed by atoms with Crippen LogP contribution in [-0.2, 0) is 11.3 Å². The molecule has 2 aromatic carbocycles. The Hall–Kier alpha value is -1.02. The summed E-state index contributed by atoms with van der Waals surface area (Å²) in [5.74, 6) is 0.191. The number of hydrogen-bond donors (Lipinski definition) is 0. The van der Waals surface area contributed by atoms with Crippen LogP contribution in [0.5, 0.6) is 0 Å². The van der Waals surface area contributed by atoms with Crippen LogP contribution in [-0.4, -0.2) is 10.9 Å². The van der Waals surface area contributed by atoms with Gasteiger partial charge in [0, 0.05) is 11.3 Å². The van der Waals surface area contributed by atoms with Gasteiger partial charge >= 0.3 is 0 Å². The number of ether oxygens (including phenoxy) is 1. The topological polar surface area (TPSA) is 9.23 Å². The van der Waals surface area contributed by atoms with E-state index < -0.39 is 4.33 Å². The molecule has 0 radical (unpaired) electrons. The molecule has 3 heteroatoms. The zero-order valence-electron chi connectivity index (χ0n) is 13.8. The lowest BCUT2D eigenvalue weighted by molar-refractivity contribution is 0.103. The molecule has 0 aliphatic heterocycles. The quantitative estimate of drug-likeness (QED) is 0.601. The molecular weight excluding hydrogens is 327 g/mol. The fourth-order valence-corrected chi connectivity index (χ4v) is 3.95. The van der Waals surface area contributed by atoms with Gasteiger partial charge in [-0.3, -0.25) is 0 Å². The van der Waals surface area contributed by atoms with Gasteiger partial charge in [0.05, 0.1) is 13.2 Å². The molecule has 0 aromatic heterocycles. The van der Waals surface area contributed by atoms with Gasteiger partial charge in [-0.25, -0.2) is 0 Å². The van der Waals surface area contributed by atoms with Crippen LogP contribution in [0.2, 0.25) is 0 Å². The highest BCUT2D eigenvalue weighted by atomic mass is 35.5. The molecule has 3 rings (SSSR count). The number of halogens is 2. The van der Waals surface area contributed by atoms with Crippen LogP contribution < -0.4 is 0 Å². The first kappa shape index (κ1) is 16.8. The Morgan fingerprint density at radius 1 is 1.00 bits per heavy atom. The van der Waals surface area contributed by atoms with Crippen LogP contribution >= 0.6 is 23.2 Å². The monoisotopic (exact) mass is 348 g/mol. The molecular formula is C20H22Cl2O. The van der Waals surface area contributed by atoms with Crippen LogP contribution in [0.25, 0.3) is 11.1 Å². The molecule has 1 unspecified atom stereocenters. The minimum atomic E-state index is -0.659. The highest BCUT2D eigenvalue weighted by molar-refractivity contribution is 6.51. The van der Waals surface area contributed by atoms with Crippen LogP contribution in [0, 0.1) is 18.3 Å². The van der Waals surface area contributed by atoms with Crippen molar-refractivity contribution in [2.75, 3.05) is 6.61 Å². The Morgan fingerprint density at radius 3 is 2.26 bits per heavy atom. The normalized spacial score (nSPS) is 21.2. The maximum Gasteiger partial charge on any atom is 0.129 e. The summed E-state index contributed by atoms with van der Waals surface area (Å²) in [6, 6.07) is 16.8. The second kappa shape index (κ2) is 6.12. The molecule has 0 spiro atoms. The first-order chi connectivity index (χ1) is 10.9. The summed E-state index contributed by atoms with van der Waals surface area (Å²) < 4.78 is 5.26. The fourth-order valence-electron chi connectivity index (χ4n) is 3.13. The minimum absolute atomic E-state index is 0.0724. The lowest BCUT2D eigenvalue weighted by Crippen LogP contribution is -2.03. The second-order valence-corrected chi connectivity index (χ2v) is 8.25. The average Bonchev–Trinajstić information content (AvgIpc) is 2.92. The van der Waals surface area contributed by atoms with Crippen molar-refractivity contribution in [1.29, 1.82) is 0 Å². The smallest absolute Gasteiger partial charge is 0.129 e. The van der Waals surface area contributed by atoms with Gasteiger partial charge in [0.2, 0.25) is 0 Å². The molecule has 1 fully saturated rings. The Kier molecular flexibility index (Phi) is 4.48. The maximum absolute atomic E-state index is 6.30. The van der Waals surface area contributed by atoms with E-state index in [2.05, 4.69) is 63.2 Å². The van der Waals surface area contributed by atoms with Crippen molar-refractivity contribution < 1.29 is 4.74 Å². The van der Waals surface area contributed by atoms with Gasteiger partial charge in [-0.15, -0.1) is 23.2 Å². The summed E-state index contributed by atoms with van der Waals surface area (Å²) in [5.41, 5.74) is 4.88. The van der Waals surface area contributed by atoms with Crippen LogP contribution in [0.15, 0.2) is 48.5 Å². The van der Waals surface area contributed by atoms with E-state index in [1.807, 2.05) is 6.07 Å². The fraction of sp³-hybridized carbons (Fsp3) is 0.400. The average molecular weight is 349 g/mol. The van der Waals surface area contributed by atoms with E-state index in [-0.39, 0.29) is 11.3 Å². The summed E-state index contributed by atoms with van der Waals surface area (Å²) >= 11 is 12.6. The highest BCUT2D eigenvalue weighted by Gasteiger charge is 2.69. The van der Waals surface area contributed by atoms with Crippen molar-refractivity contribution >= 4 is 23.2 Å². The number of alkyl halides is 2. The van der Waals surface area contributed by atoms with Gasteiger partial charge in [-0.2, -0.15) is 0 Å². The van der Waals surface area contributed by atoms with E-state index in [0.29, 0.717) is 13.2 Å². The first-order valence-corrected chi connectivity index (χ1v) is 8.71. The molecule has 1 nitrogen and oxygen atoms in total. The van der Waals surface area contributed by atoms with Gasteiger partial charge in [-0.1, -0.05) is 62.4 Å². The third-order valence-electron chi connectivity index (χ3n) is 5.16. The zero-order valence-corrected chi connectivity index (χ0v) is 15.3. The van der Waals surface area contributed by atoms with Crippen molar-refractivity contribution in [3.05, 3.63) is 59.7 Å². The molecule has 1 aliphatic rings. The summed E-state index contributed by atoms with van der Waals surface area (Å²) in [6.45, 7) is 7.50. The standard InChI is InChI=1S/C20H22Cl2O/c1-14-16(12-23-13-18-19(2,3)20(18,21)22)10-7-11-17(14)15-8-5-4-6-9-15/h4-11,18H,12-13H2,1-3H3. The van der Waals surface area contributed by atoms with Gasteiger partial charge in [0.25, 0.3) is 0 Å². The van der Waals surface area contributed by atoms with Crippen molar-refractivity contribution in [1.82, 2.24) is 0 Å². The van der Waals surface area contributed by atoms with E-state index in [0.717, 1.165) is 0 Å². The SMILES string of the molecule is Cc1c(COCC2C(C)(C)C2(Cl)Cl)cccc1-c1ccccc1. The minimum Gasteiger partial charge on any atom is -0.376 e. The van der Waals surface area contributed by atoms with Crippen LogP contribution in [0.4, 0.5) is 0 Å². The largest absolute Gasteiger partial charge is 0.376 e. The van der Waals surface area contributed by atoms with Crippen molar-refractivity contribution in [3.8, 4) is 11.1 Å². The summed E-state index contributed by atoms with van der Waals surface area (Å²) in [6.07, 6.45) is 0. The molecule has 0 amide bonds. The molecule has 1 aliphatic carbocycles. The van der Waals surface area contributed by atoms with Gasteiger partial charge in [0.1, 0.15) is 4.33 Å². The third kappa shape index (κ3) is 3.03. The molecule has 0 saturated heterocycles. The molecule has 2 aromatic rings. The van der Waals surface area contributed by atoms with Crippen molar-refractivity contribution in [2.24, 2.45) is 11.3 Å². The number of benzene rings is 2. The van der Waals surface area contributed by atoms with Gasteiger partial charge in [-0.05, 0) is 29.2 Å². The van der Waals surface area contributed by atoms with Gasteiger partial charge < -0.3 is 4.74 Å². The van der Waals surface area contributed by atoms with E-state index in [4.69, 9.17) is 27.9 Å². The molecule has 1 atom stereocenters. The summed E-state index contributed by atoms with van der Waals surface area (Å²) in [5, 5.41) is 0. The lowest BCUT2D eigenvalue weighted by atomic mass is 9.97.